The molecular weight excluding hydrogens is 361 g/mol. The monoisotopic (exact) mass is 369 g/mol. The predicted octanol–water partition coefficient (Wildman–Crippen LogP) is 4.71. The summed E-state index contributed by atoms with van der Waals surface area (Å²) in [5.41, 5.74) is -1.41. The molecule has 0 atom stereocenters. The molecule has 10 heteroatoms. The molecule has 0 heterocycles. The fraction of sp³-hybridized carbons (Fsp3) is 0.0625. The number of rotatable bonds is 4. The first-order valence-electron chi connectivity index (χ1n) is 6.75. The molecule has 0 saturated heterocycles. The second-order valence-electron chi connectivity index (χ2n) is 4.57. The van der Waals surface area contributed by atoms with Crippen molar-refractivity contribution in [3.8, 4) is 18.1 Å². The van der Waals surface area contributed by atoms with E-state index in [1.54, 1.807) is 6.07 Å². The number of anilines is 1. The summed E-state index contributed by atoms with van der Waals surface area (Å²) in [7, 11) is 0. The number of carbonyl (C=O) groups excluding carboxylic acids is 1. The Morgan fingerprint density at radius 2 is 1.69 bits per heavy atom. The number of ether oxygens (including phenoxy) is 1. The summed E-state index contributed by atoms with van der Waals surface area (Å²) in [6, 6.07) is 4.62. The smallest absolute Gasteiger partial charge is 0.364 e. The van der Waals surface area contributed by atoms with E-state index in [1.807, 2.05) is 0 Å². The first kappa shape index (κ1) is 18.9. The van der Waals surface area contributed by atoms with Crippen LogP contribution < -0.4 is 10.1 Å². The van der Waals surface area contributed by atoms with Crippen LogP contribution in [0.2, 0.25) is 0 Å². The average molecular weight is 369 g/mol. The number of azo groups is 1. The van der Waals surface area contributed by atoms with Crippen LogP contribution in [0.15, 0.2) is 34.5 Å². The van der Waals surface area contributed by atoms with Crippen molar-refractivity contribution < 1.29 is 31.5 Å². The average Bonchev–Trinajstić information content (AvgIpc) is 2.63. The van der Waals surface area contributed by atoms with Gasteiger partial charge in [0.1, 0.15) is 12.4 Å². The standard InChI is InChI=1S/C16H8F5N3O2/c1-2-6-26-9-5-3-4-8(7-9)22-16(25)24-23-15-13(20)11(18)10(17)12(19)14(15)21/h1,3-5,7H,6H2,(H,22,25). The van der Waals surface area contributed by atoms with Crippen molar-refractivity contribution >= 4 is 17.4 Å². The van der Waals surface area contributed by atoms with Crippen LogP contribution in [0, 0.1) is 41.4 Å². The summed E-state index contributed by atoms with van der Waals surface area (Å²) < 4.78 is 70.9. The van der Waals surface area contributed by atoms with E-state index in [1.165, 1.54) is 18.2 Å². The Labute approximate surface area is 143 Å². The van der Waals surface area contributed by atoms with Crippen molar-refractivity contribution in [2.75, 3.05) is 11.9 Å². The van der Waals surface area contributed by atoms with Gasteiger partial charge in [0, 0.05) is 11.8 Å². The van der Waals surface area contributed by atoms with Gasteiger partial charge < -0.3 is 10.1 Å². The third-order valence-electron chi connectivity index (χ3n) is 2.83. The molecule has 2 aromatic carbocycles. The lowest BCUT2D eigenvalue weighted by Crippen LogP contribution is -2.06. The molecule has 134 valence electrons. The van der Waals surface area contributed by atoms with Gasteiger partial charge in [-0.3, -0.25) is 0 Å². The zero-order chi connectivity index (χ0) is 19.3. The molecule has 1 N–H and O–H groups in total. The maximum absolute atomic E-state index is 13.4. The van der Waals surface area contributed by atoms with Gasteiger partial charge in [-0.2, -0.15) is 0 Å². The minimum absolute atomic E-state index is 0.0165. The van der Waals surface area contributed by atoms with Gasteiger partial charge in [0.05, 0.1) is 0 Å². The van der Waals surface area contributed by atoms with Crippen molar-refractivity contribution in [1.29, 1.82) is 0 Å². The molecule has 0 aliphatic rings. The highest BCUT2D eigenvalue weighted by Crippen LogP contribution is 2.29. The molecule has 5 nitrogen and oxygen atoms in total. The van der Waals surface area contributed by atoms with Crippen molar-refractivity contribution in [3.05, 3.63) is 53.4 Å². The molecule has 0 radical (unpaired) electrons. The number of benzene rings is 2. The summed E-state index contributed by atoms with van der Waals surface area (Å²) in [4.78, 5) is 11.6. The van der Waals surface area contributed by atoms with Gasteiger partial charge in [-0.15, -0.1) is 11.5 Å². The molecule has 0 aliphatic heterocycles. The van der Waals surface area contributed by atoms with E-state index in [9.17, 15) is 26.7 Å². The van der Waals surface area contributed by atoms with Crippen molar-refractivity contribution in [2.45, 2.75) is 0 Å². The highest BCUT2D eigenvalue weighted by atomic mass is 19.2. The molecule has 0 bridgehead atoms. The Morgan fingerprint density at radius 1 is 1.08 bits per heavy atom. The van der Waals surface area contributed by atoms with Crippen molar-refractivity contribution in [2.24, 2.45) is 10.2 Å². The lowest BCUT2D eigenvalue weighted by Gasteiger charge is -2.05. The SMILES string of the molecule is C#CCOc1cccc(NC(=O)N=Nc2c(F)c(F)c(F)c(F)c2F)c1. The quantitative estimate of drug-likeness (QED) is 0.279. The number of amides is 2. The zero-order valence-corrected chi connectivity index (χ0v) is 12.7. The van der Waals surface area contributed by atoms with Crippen LogP contribution in [0.4, 0.5) is 38.1 Å². The van der Waals surface area contributed by atoms with Crippen LogP contribution in [0.5, 0.6) is 5.75 Å². The number of terminal acetylenes is 1. The van der Waals surface area contributed by atoms with Crippen LogP contribution in [-0.2, 0) is 0 Å². The van der Waals surface area contributed by atoms with E-state index in [2.05, 4.69) is 21.5 Å². The van der Waals surface area contributed by atoms with Gasteiger partial charge in [0.15, 0.2) is 29.0 Å². The van der Waals surface area contributed by atoms with E-state index in [0.29, 0.717) is 5.75 Å². The number of halogens is 5. The normalized spacial score (nSPS) is 10.6. The highest BCUT2D eigenvalue weighted by molar-refractivity contribution is 5.89. The van der Waals surface area contributed by atoms with E-state index in [4.69, 9.17) is 11.2 Å². The molecule has 2 amide bonds. The van der Waals surface area contributed by atoms with E-state index in [-0.39, 0.29) is 12.3 Å². The van der Waals surface area contributed by atoms with Crippen LogP contribution in [-0.4, -0.2) is 12.6 Å². The predicted molar refractivity (Wildman–Crippen MR) is 80.5 cm³/mol. The maximum Gasteiger partial charge on any atom is 0.364 e. The molecule has 26 heavy (non-hydrogen) atoms. The number of urea groups is 1. The number of carbonyl (C=O) groups is 1. The first-order valence-corrected chi connectivity index (χ1v) is 6.75. The lowest BCUT2D eigenvalue weighted by atomic mass is 10.2. The summed E-state index contributed by atoms with van der Waals surface area (Å²) in [5.74, 6) is -8.59. The largest absolute Gasteiger partial charge is 0.481 e. The van der Waals surface area contributed by atoms with E-state index in [0.717, 1.165) is 0 Å². The molecule has 0 fully saturated rings. The van der Waals surface area contributed by atoms with Gasteiger partial charge in [-0.1, -0.05) is 17.1 Å². The van der Waals surface area contributed by atoms with E-state index >= 15 is 0 Å². The fourth-order valence-corrected chi connectivity index (χ4v) is 1.71. The second-order valence-corrected chi connectivity index (χ2v) is 4.57. The second kappa shape index (κ2) is 8.06. The summed E-state index contributed by atoms with van der Waals surface area (Å²) in [5, 5.41) is 7.85. The Balaban J connectivity index is 2.18. The molecule has 0 spiro atoms. The van der Waals surface area contributed by atoms with Gasteiger partial charge in [0.25, 0.3) is 0 Å². The minimum atomic E-state index is -2.34. The topological polar surface area (TPSA) is 63.0 Å². The third kappa shape index (κ3) is 4.13. The molecule has 0 saturated carbocycles. The van der Waals surface area contributed by atoms with Gasteiger partial charge in [0.2, 0.25) is 5.82 Å². The van der Waals surface area contributed by atoms with Crippen molar-refractivity contribution in [1.82, 2.24) is 0 Å². The van der Waals surface area contributed by atoms with E-state index < -0.39 is 40.8 Å². The fourth-order valence-electron chi connectivity index (χ4n) is 1.71. The number of nitrogens with one attached hydrogen (secondary N) is 1. The van der Waals surface area contributed by atoms with Gasteiger partial charge in [-0.05, 0) is 12.1 Å². The number of hydrogen-bond donors (Lipinski definition) is 1. The van der Waals surface area contributed by atoms with Crippen LogP contribution in [0.25, 0.3) is 0 Å². The first-order chi connectivity index (χ1) is 12.3. The van der Waals surface area contributed by atoms with Gasteiger partial charge in [-0.25, -0.2) is 26.7 Å². The summed E-state index contributed by atoms with van der Waals surface area (Å²) in [6.45, 7) is -0.0165. The Morgan fingerprint density at radius 3 is 2.31 bits per heavy atom. The summed E-state index contributed by atoms with van der Waals surface area (Å²) >= 11 is 0. The minimum Gasteiger partial charge on any atom is -0.481 e. The molecule has 0 aliphatic carbocycles. The van der Waals surface area contributed by atoms with Crippen molar-refractivity contribution in [3.63, 3.8) is 0 Å². The highest BCUT2D eigenvalue weighted by Gasteiger charge is 2.26. The van der Waals surface area contributed by atoms with Crippen LogP contribution >= 0.6 is 0 Å². The molecule has 2 aromatic rings. The lowest BCUT2D eigenvalue weighted by molar-refractivity contribution is 0.258. The number of hydrogen-bond acceptors (Lipinski definition) is 3. The molecule has 0 aromatic heterocycles. The Bertz CT molecular complexity index is 896. The molecule has 2 rings (SSSR count). The summed E-state index contributed by atoms with van der Waals surface area (Å²) in [6.07, 6.45) is 5.03. The van der Waals surface area contributed by atoms with Crippen LogP contribution in [0.3, 0.4) is 0 Å². The molecule has 0 unspecified atom stereocenters. The maximum atomic E-state index is 13.4. The van der Waals surface area contributed by atoms with Crippen LogP contribution in [0.1, 0.15) is 0 Å². The Hall–Kier alpha value is -3.48. The zero-order valence-electron chi connectivity index (χ0n) is 12.7. The van der Waals surface area contributed by atoms with Gasteiger partial charge >= 0.3 is 6.03 Å². The molecular formula is C16H8F5N3O2. The third-order valence-corrected chi connectivity index (χ3v) is 2.83. The number of nitrogens with zero attached hydrogens (tertiary/aromatic N) is 2. The Kier molecular flexibility index (Phi) is 5.85.